The fraction of sp³-hybridized carbons (Fsp3) is 0.600. The van der Waals surface area contributed by atoms with Gasteiger partial charge in [-0.2, -0.15) is 0 Å². The predicted molar refractivity (Wildman–Crippen MR) is 101 cm³/mol. The van der Waals surface area contributed by atoms with Gasteiger partial charge >= 0.3 is 12.2 Å². The summed E-state index contributed by atoms with van der Waals surface area (Å²) in [6, 6.07) is 9.55. The van der Waals surface area contributed by atoms with Gasteiger partial charge in [0.25, 0.3) is 0 Å². The van der Waals surface area contributed by atoms with Crippen LogP contribution < -0.4 is 0 Å². The van der Waals surface area contributed by atoms with Crippen molar-refractivity contribution in [2.24, 2.45) is 0 Å². The molecule has 1 heterocycles. The second kappa shape index (κ2) is 9.60. The lowest BCUT2D eigenvalue weighted by Crippen LogP contribution is -2.48. The van der Waals surface area contributed by atoms with Crippen molar-refractivity contribution in [3.63, 3.8) is 0 Å². The number of rotatable bonds is 5. The van der Waals surface area contributed by atoms with Gasteiger partial charge in [-0.3, -0.25) is 0 Å². The Labute approximate surface area is 161 Å². The first-order valence-electron chi connectivity index (χ1n) is 9.26. The highest BCUT2D eigenvalue weighted by molar-refractivity contribution is 5.68. The highest BCUT2D eigenvalue weighted by atomic mass is 16.6. The third kappa shape index (κ3) is 7.46. The van der Waals surface area contributed by atoms with Crippen molar-refractivity contribution in [1.29, 1.82) is 0 Å². The monoisotopic (exact) mass is 378 g/mol. The molecule has 0 spiro atoms. The van der Waals surface area contributed by atoms with E-state index in [0.29, 0.717) is 32.7 Å². The molecule has 0 radical (unpaired) electrons. The van der Waals surface area contributed by atoms with Crippen molar-refractivity contribution < 1.29 is 23.8 Å². The molecule has 2 amide bonds. The van der Waals surface area contributed by atoms with E-state index < -0.39 is 5.60 Å². The SMILES string of the molecule is CN(CC[C@H]1CN(C(=O)OC(C)(C)C)CCO1)C(=O)OCc1ccccc1. The molecule has 7 nitrogen and oxygen atoms in total. The maximum Gasteiger partial charge on any atom is 0.410 e. The van der Waals surface area contributed by atoms with Gasteiger partial charge in [-0.05, 0) is 32.8 Å². The van der Waals surface area contributed by atoms with Gasteiger partial charge in [-0.1, -0.05) is 30.3 Å². The Morgan fingerprint density at radius 2 is 1.96 bits per heavy atom. The molecule has 1 aliphatic rings. The topological polar surface area (TPSA) is 68.3 Å². The van der Waals surface area contributed by atoms with Crippen molar-refractivity contribution in [2.45, 2.75) is 45.5 Å². The lowest BCUT2D eigenvalue weighted by molar-refractivity contribution is -0.0463. The van der Waals surface area contributed by atoms with Gasteiger partial charge in [-0.25, -0.2) is 9.59 Å². The third-order valence-corrected chi connectivity index (χ3v) is 4.09. The van der Waals surface area contributed by atoms with Crippen LogP contribution in [-0.2, 0) is 20.8 Å². The largest absolute Gasteiger partial charge is 0.445 e. The molecule has 0 N–H and O–H groups in total. The fourth-order valence-corrected chi connectivity index (χ4v) is 2.64. The molecule has 27 heavy (non-hydrogen) atoms. The molecular formula is C20H30N2O5. The van der Waals surface area contributed by atoms with Gasteiger partial charge in [0, 0.05) is 20.1 Å². The summed E-state index contributed by atoms with van der Waals surface area (Å²) >= 11 is 0. The van der Waals surface area contributed by atoms with E-state index in [0.717, 1.165) is 5.56 Å². The quantitative estimate of drug-likeness (QED) is 0.786. The van der Waals surface area contributed by atoms with Gasteiger partial charge in [-0.15, -0.1) is 0 Å². The molecule has 7 heteroatoms. The Morgan fingerprint density at radius 1 is 1.26 bits per heavy atom. The van der Waals surface area contributed by atoms with Crippen LogP contribution >= 0.6 is 0 Å². The number of carbonyl (C=O) groups excluding carboxylic acids is 2. The Bertz CT molecular complexity index is 615. The van der Waals surface area contributed by atoms with E-state index in [9.17, 15) is 9.59 Å². The van der Waals surface area contributed by atoms with Crippen molar-refractivity contribution in [2.75, 3.05) is 33.3 Å². The molecule has 1 saturated heterocycles. The first kappa shape index (κ1) is 21.0. The van der Waals surface area contributed by atoms with Crippen molar-refractivity contribution >= 4 is 12.2 Å². The van der Waals surface area contributed by atoms with Crippen LogP contribution in [0, 0.1) is 0 Å². The Morgan fingerprint density at radius 3 is 2.63 bits per heavy atom. The summed E-state index contributed by atoms with van der Waals surface area (Å²) in [6.45, 7) is 7.71. The Hall–Kier alpha value is -2.28. The number of hydrogen-bond donors (Lipinski definition) is 0. The summed E-state index contributed by atoms with van der Waals surface area (Å²) < 4.78 is 16.4. The summed E-state index contributed by atoms with van der Waals surface area (Å²) in [6.07, 6.45) is -0.211. The van der Waals surface area contributed by atoms with Crippen molar-refractivity contribution in [3.05, 3.63) is 35.9 Å². The molecule has 1 aromatic carbocycles. The molecule has 0 aromatic heterocycles. The standard InChI is InChI=1S/C20H30N2O5/c1-20(2,3)27-19(24)22-12-13-25-17(14-22)10-11-21(4)18(23)26-15-16-8-6-5-7-9-16/h5-9,17H,10-15H2,1-4H3/t17-/m0/s1. The van der Waals surface area contributed by atoms with E-state index in [1.54, 1.807) is 11.9 Å². The zero-order valence-corrected chi connectivity index (χ0v) is 16.6. The van der Waals surface area contributed by atoms with Crippen LogP contribution in [0.3, 0.4) is 0 Å². The molecule has 1 aliphatic heterocycles. The second-order valence-electron chi connectivity index (χ2n) is 7.67. The minimum Gasteiger partial charge on any atom is -0.445 e. The highest BCUT2D eigenvalue weighted by Gasteiger charge is 2.28. The summed E-state index contributed by atoms with van der Waals surface area (Å²) in [5.74, 6) is 0. The fourth-order valence-electron chi connectivity index (χ4n) is 2.64. The van der Waals surface area contributed by atoms with E-state index in [1.807, 2.05) is 51.1 Å². The van der Waals surface area contributed by atoms with E-state index >= 15 is 0 Å². The van der Waals surface area contributed by atoms with Crippen LogP contribution in [0.25, 0.3) is 0 Å². The molecule has 2 rings (SSSR count). The first-order chi connectivity index (χ1) is 12.7. The van der Waals surface area contributed by atoms with E-state index in [1.165, 1.54) is 4.90 Å². The lowest BCUT2D eigenvalue weighted by Gasteiger charge is -2.34. The molecular weight excluding hydrogens is 348 g/mol. The summed E-state index contributed by atoms with van der Waals surface area (Å²) in [5.41, 5.74) is 0.427. The smallest absolute Gasteiger partial charge is 0.410 e. The first-order valence-corrected chi connectivity index (χ1v) is 9.26. The van der Waals surface area contributed by atoms with Gasteiger partial charge in [0.15, 0.2) is 0 Å². The maximum absolute atomic E-state index is 12.2. The van der Waals surface area contributed by atoms with E-state index in [-0.39, 0.29) is 24.9 Å². The number of nitrogens with zero attached hydrogens (tertiary/aromatic N) is 2. The maximum atomic E-state index is 12.2. The zero-order valence-electron chi connectivity index (χ0n) is 16.6. The number of amides is 2. The van der Waals surface area contributed by atoms with Crippen LogP contribution in [0.1, 0.15) is 32.8 Å². The molecule has 1 fully saturated rings. The van der Waals surface area contributed by atoms with Crippen molar-refractivity contribution in [3.8, 4) is 0 Å². The third-order valence-electron chi connectivity index (χ3n) is 4.09. The van der Waals surface area contributed by atoms with Gasteiger partial charge in [0.1, 0.15) is 12.2 Å². The number of hydrogen-bond acceptors (Lipinski definition) is 5. The van der Waals surface area contributed by atoms with Crippen LogP contribution in [0.4, 0.5) is 9.59 Å². The molecule has 0 saturated carbocycles. The summed E-state index contributed by atoms with van der Waals surface area (Å²) in [5, 5.41) is 0. The summed E-state index contributed by atoms with van der Waals surface area (Å²) in [4.78, 5) is 27.5. The van der Waals surface area contributed by atoms with Crippen LogP contribution in [-0.4, -0.2) is 67.0 Å². The van der Waals surface area contributed by atoms with E-state index in [2.05, 4.69) is 0 Å². The van der Waals surface area contributed by atoms with Crippen LogP contribution in [0.5, 0.6) is 0 Å². The average molecular weight is 378 g/mol. The second-order valence-corrected chi connectivity index (χ2v) is 7.67. The molecule has 1 atom stereocenters. The molecule has 0 aliphatic carbocycles. The normalized spacial score (nSPS) is 17.3. The lowest BCUT2D eigenvalue weighted by atomic mass is 10.2. The van der Waals surface area contributed by atoms with Crippen LogP contribution in [0.2, 0.25) is 0 Å². The number of ether oxygens (including phenoxy) is 3. The molecule has 0 unspecified atom stereocenters. The van der Waals surface area contributed by atoms with Gasteiger partial charge < -0.3 is 24.0 Å². The predicted octanol–water partition coefficient (Wildman–Crippen LogP) is 3.28. The summed E-state index contributed by atoms with van der Waals surface area (Å²) in [7, 11) is 1.70. The average Bonchev–Trinajstić information content (AvgIpc) is 2.64. The Balaban J connectivity index is 1.73. The van der Waals surface area contributed by atoms with Gasteiger partial charge in [0.2, 0.25) is 0 Å². The van der Waals surface area contributed by atoms with E-state index in [4.69, 9.17) is 14.2 Å². The highest BCUT2D eigenvalue weighted by Crippen LogP contribution is 2.15. The Kier molecular flexibility index (Phi) is 7.47. The number of morpholine rings is 1. The zero-order chi connectivity index (χ0) is 19.9. The number of carbonyl (C=O) groups is 2. The minimum absolute atomic E-state index is 0.129. The van der Waals surface area contributed by atoms with Crippen LogP contribution in [0.15, 0.2) is 30.3 Å². The van der Waals surface area contributed by atoms with Gasteiger partial charge in [0.05, 0.1) is 19.3 Å². The minimum atomic E-state index is -0.520. The number of benzene rings is 1. The van der Waals surface area contributed by atoms with Crippen molar-refractivity contribution in [1.82, 2.24) is 9.80 Å². The molecule has 1 aromatic rings. The molecule has 0 bridgehead atoms. The molecule has 150 valence electrons.